The minimum Gasteiger partial charge on any atom is -0.493 e. The van der Waals surface area contributed by atoms with Crippen molar-refractivity contribution in [2.45, 2.75) is 19.6 Å². The summed E-state index contributed by atoms with van der Waals surface area (Å²) in [6.07, 6.45) is 0. The number of hydrogen-bond acceptors (Lipinski definition) is 5. The second-order valence-electron chi connectivity index (χ2n) is 6.53. The zero-order valence-electron chi connectivity index (χ0n) is 15.9. The van der Waals surface area contributed by atoms with E-state index in [2.05, 4.69) is 48.6 Å². The monoisotopic (exact) mass is 391 g/mol. The molecule has 0 fully saturated rings. The number of rotatable bonds is 10. The molecule has 146 valence electrons. The molecule has 0 aliphatic heterocycles. The van der Waals surface area contributed by atoms with Crippen LogP contribution in [-0.2, 0) is 24.4 Å². The van der Waals surface area contributed by atoms with Crippen molar-refractivity contribution in [1.82, 2.24) is 10.2 Å². The van der Waals surface area contributed by atoms with Crippen LogP contribution >= 0.6 is 11.6 Å². The Hall–Kier alpha value is -2.28. The molecule has 0 saturated carbocycles. The maximum atomic E-state index is 10.9. The van der Waals surface area contributed by atoms with Gasteiger partial charge in [-0.2, -0.15) is 0 Å². The van der Waals surface area contributed by atoms with E-state index < -0.39 is 5.91 Å². The van der Waals surface area contributed by atoms with Crippen LogP contribution in [0.2, 0.25) is 5.02 Å². The number of methoxy groups -OCH3 is 1. The van der Waals surface area contributed by atoms with Crippen LogP contribution in [0.1, 0.15) is 16.7 Å². The third kappa shape index (κ3) is 6.75. The van der Waals surface area contributed by atoms with Gasteiger partial charge in [0.2, 0.25) is 0 Å². The Kier molecular flexibility index (Phi) is 7.91. The van der Waals surface area contributed by atoms with Crippen molar-refractivity contribution in [1.29, 1.82) is 0 Å². The fourth-order valence-corrected chi connectivity index (χ4v) is 3.00. The summed E-state index contributed by atoms with van der Waals surface area (Å²) in [7, 11) is 5.63. The Morgan fingerprint density at radius 3 is 2.52 bits per heavy atom. The number of nitrogens with two attached hydrogens (primary N) is 1. The molecular weight excluding hydrogens is 366 g/mol. The molecule has 0 aliphatic rings. The van der Waals surface area contributed by atoms with Crippen LogP contribution in [-0.4, -0.2) is 38.6 Å². The third-order valence-electron chi connectivity index (χ3n) is 3.80. The van der Waals surface area contributed by atoms with E-state index in [4.69, 9.17) is 26.8 Å². The second-order valence-corrected chi connectivity index (χ2v) is 6.93. The van der Waals surface area contributed by atoms with E-state index >= 15 is 0 Å². The maximum Gasteiger partial charge on any atom is 0.255 e. The lowest BCUT2D eigenvalue weighted by molar-refractivity contribution is -0.119. The van der Waals surface area contributed by atoms with Crippen LogP contribution in [0, 0.1) is 0 Å². The number of primary amides is 1. The maximum absolute atomic E-state index is 10.9. The summed E-state index contributed by atoms with van der Waals surface area (Å²) < 4.78 is 10.7. The number of benzene rings is 2. The van der Waals surface area contributed by atoms with E-state index in [1.807, 2.05) is 6.07 Å². The summed E-state index contributed by atoms with van der Waals surface area (Å²) in [5.74, 6) is 0.210. The Balaban J connectivity index is 1.99. The number of amides is 1. The molecule has 2 aromatic rings. The minimum atomic E-state index is -0.574. The summed E-state index contributed by atoms with van der Waals surface area (Å²) in [4.78, 5) is 13.1. The summed E-state index contributed by atoms with van der Waals surface area (Å²) >= 11 is 6.27. The van der Waals surface area contributed by atoms with Gasteiger partial charge < -0.3 is 25.4 Å². The zero-order valence-corrected chi connectivity index (χ0v) is 16.7. The number of carbonyl (C=O) groups is 1. The highest BCUT2D eigenvalue weighted by Gasteiger charge is 2.13. The lowest BCUT2D eigenvalue weighted by Crippen LogP contribution is -2.20. The first-order valence-corrected chi connectivity index (χ1v) is 8.97. The van der Waals surface area contributed by atoms with Gasteiger partial charge in [0.25, 0.3) is 5.91 Å². The van der Waals surface area contributed by atoms with Gasteiger partial charge in [0.15, 0.2) is 18.1 Å². The average molecular weight is 392 g/mol. The Bertz CT molecular complexity index is 781. The number of hydrogen-bond donors (Lipinski definition) is 2. The van der Waals surface area contributed by atoms with Gasteiger partial charge in [0, 0.05) is 19.6 Å². The molecule has 6 nitrogen and oxygen atoms in total. The molecule has 0 heterocycles. The fourth-order valence-electron chi connectivity index (χ4n) is 2.71. The molecule has 0 atom stereocenters. The molecule has 2 rings (SSSR count). The molecule has 0 bridgehead atoms. The van der Waals surface area contributed by atoms with Gasteiger partial charge in [-0.3, -0.25) is 4.79 Å². The summed E-state index contributed by atoms with van der Waals surface area (Å²) in [6.45, 7) is 2.01. The standard InChI is InChI=1S/C20H26ClN3O3/c1-24(2)12-15-6-4-5-14(7-15)10-23-11-16-8-17(21)20(18(9-16)26-3)27-13-19(22)25/h4-9,23H,10-13H2,1-3H3,(H2,22,25). The molecular formula is C20H26ClN3O3. The third-order valence-corrected chi connectivity index (χ3v) is 4.08. The summed E-state index contributed by atoms with van der Waals surface area (Å²) in [5.41, 5.74) is 8.56. The van der Waals surface area contributed by atoms with Crippen LogP contribution in [0.3, 0.4) is 0 Å². The quantitative estimate of drug-likeness (QED) is 0.651. The topological polar surface area (TPSA) is 76.8 Å². The first-order chi connectivity index (χ1) is 12.9. The van der Waals surface area contributed by atoms with E-state index in [0.717, 1.165) is 18.7 Å². The first kappa shape index (κ1) is 21.0. The molecule has 0 spiro atoms. The van der Waals surface area contributed by atoms with Crippen molar-refractivity contribution in [3.63, 3.8) is 0 Å². The number of carbonyl (C=O) groups excluding carboxylic acids is 1. The number of ether oxygens (including phenoxy) is 2. The van der Waals surface area contributed by atoms with Crippen LogP contribution in [0.4, 0.5) is 0 Å². The van der Waals surface area contributed by atoms with Crippen molar-refractivity contribution in [2.24, 2.45) is 5.73 Å². The summed E-state index contributed by atoms with van der Waals surface area (Å²) in [5, 5.41) is 3.78. The van der Waals surface area contributed by atoms with Crippen LogP contribution in [0.15, 0.2) is 36.4 Å². The molecule has 0 aromatic heterocycles. The number of nitrogens with zero attached hydrogens (tertiary/aromatic N) is 1. The van der Waals surface area contributed by atoms with Gasteiger partial charge in [-0.1, -0.05) is 35.9 Å². The van der Waals surface area contributed by atoms with Gasteiger partial charge in [-0.05, 0) is 42.9 Å². The van der Waals surface area contributed by atoms with Crippen molar-refractivity contribution < 1.29 is 14.3 Å². The lowest BCUT2D eigenvalue weighted by Gasteiger charge is -2.14. The van der Waals surface area contributed by atoms with E-state index in [0.29, 0.717) is 23.1 Å². The van der Waals surface area contributed by atoms with Crippen LogP contribution in [0.25, 0.3) is 0 Å². The molecule has 0 unspecified atom stereocenters. The van der Waals surface area contributed by atoms with Crippen molar-refractivity contribution in [3.05, 3.63) is 58.1 Å². The van der Waals surface area contributed by atoms with Gasteiger partial charge in [0.05, 0.1) is 12.1 Å². The normalized spacial score (nSPS) is 10.9. The summed E-state index contributed by atoms with van der Waals surface area (Å²) in [6, 6.07) is 12.1. The minimum absolute atomic E-state index is 0.253. The predicted octanol–water partition coefficient (Wildman–Crippen LogP) is 2.56. The Labute approximate surface area is 165 Å². The van der Waals surface area contributed by atoms with Gasteiger partial charge >= 0.3 is 0 Å². The molecule has 7 heteroatoms. The zero-order chi connectivity index (χ0) is 19.8. The van der Waals surface area contributed by atoms with Crippen molar-refractivity contribution in [2.75, 3.05) is 27.8 Å². The SMILES string of the molecule is COc1cc(CNCc2cccc(CN(C)C)c2)cc(Cl)c1OCC(N)=O. The lowest BCUT2D eigenvalue weighted by atomic mass is 10.1. The highest BCUT2D eigenvalue weighted by Crippen LogP contribution is 2.36. The van der Waals surface area contributed by atoms with E-state index in [-0.39, 0.29) is 6.61 Å². The highest BCUT2D eigenvalue weighted by molar-refractivity contribution is 6.32. The van der Waals surface area contributed by atoms with Gasteiger partial charge in [-0.25, -0.2) is 0 Å². The van der Waals surface area contributed by atoms with Gasteiger partial charge in [-0.15, -0.1) is 0 Å². The van der Waals surface area contributed by atoms with Crippen molar-refractivity contribution in [3.8, 4) is 11.5 Å². The van der Waals surface area contributed by atoms with Gasteiger partial charge in [0.1, 0.15) is 0 Å². The molecule has 0 saturated heterocycles. The number of nitrogens with one attached hydrogen (secondary N) is 1. The van der Waals surface area contributed by atoms with Crippen molar-refractivity contribution >= 4 is 17.5 Å². The average Bonchev–Trinajstić information content (AvgIpc) is 2.60. The molecule has 27 heavy (non-hydrogen) atoms. The van der Waals surface area contributed by atoms with Crippen LogP contribution in [0.5, 0.6) is 11.5 Å². The predicted molar refractivity (Wildman–Crippen MR) is 107 cm³/mol. The molecule has 0 aliphatic carbocycles. The molecule has 0 radical (unpaired) electrons. The Morgan fingerprint density at radius 2 is 1.85 bits per heavy atom. The van der Waals surface area contributed by atoms with E-state index in [1.54, 1.807) is 6.07 Å². The van der Waals surface area contributed by atoms with E-state index in [9.17, 15) is 4.79 Å². The number of halogens is 1. The largest absolute Gasteiger partial charge is 0.493 e. The molecule has 1 amide bonds. The smallest absolute Gasteiger partial charge is 0.255 e. The van der Waals surface area contributed by atoms with E-state index in [1.165, 1.54) is 18.2 Å². The van der Waals surface area contributed by atoms with Crippen LogP contribution < -0.4 is 20.5 Å². The second kappa shape index (κ2) is 10.2. The molecule has 3 N–H and O–H groups in total. The highest BCUT2D eigenvalue weighted by atomic mass is 35.5. The Morgan fingerprint density at radius 1 is 1.15 bits per heavy atom. The molecule has 2 aromatic carbocycles. The fraction of sp³-hybridized carbons (Fsp3) is 0.350. The first-order valence-electron chi connectivity index (χ1n) is 8.59.